The van der Waals surface area contributed by atoms with E-state index in [4.69, 9.17) is 9.15 Å². The maximum Gasteiger partial charge on any atom is 0.222 e. The van der Waals surface area contributed by atoms with E-state index in [0.29, 0.717) is 18.2 Å². The Morgan fingerprint density at radius 1 is 1.16 bits per heavy atom. The van der Waals surface area contributed by atoms with Gasteiger partial charge in [0.1, 0.15) is 12.4 Å². The number of aliphatic hydroxyl groups excluding tert-OH is 1. The molecule has 0 saturated carbocycles. The van der Waals surface area contributed by atoms with E-state index in [1.807, 2.05) is 42.5 Å². The molecule has 2 heterocycles. The number of furan rings is 1. The first-order valence-electron chi connectivity index (χ1n) is 6.01. The second kappa shape index (κ2) is 5.12. The number of pyridine rings is 1. The van der Waals surface area contributed by atoms with Crippen LogP contribution in [0.1, 0.15) is 11.5 Å². The van der Waals surface area contributed by atoms with E-state index in [0.717, 1.165) is 16.5 Å². The Morgan fingerprint density at radius 3 is 2.84 bits per heavy atom. The van der Waals surface area contributed by atoms with Crippen LogP contribution in [0.4, 0.5) is 0 Å². The SMILES string of the molecule is OCc1cc2ccccc2c(OCc2ccco2)n1. The Kier molecular flexibility index (Phi) is 3.16. The highest BCUT2D eigenvalue weighted by molar-refractivity contribution is 5.87. The number of aliphatic hydroxyl groups is 1. The third-order valence-corrected chi connectivity index (χ3v) is 2.85. The van der Waals surface area contributed by atoms with Crippen LogP contribution in [-0.2, 0) is 13.2 Å². The van der Waals surface area contributed by atoms with E-state index >= 15 is 0 Å². The van der Waals surface area contributed by atoms with Gasteiger partial charge < -0.3 is 14.3 Å². The third kappa shape index (κ3) is 2.44. The topological polar surface area (TPSA) is 55.5 Å². The highest BCUT2D eigenvalue weighted by Crippen LogP contribution is 2.25. The molecule has 0 aliphatic rings. The van der Waals surface area contributed by atoms with Gasteiger partial charge in [0.2, 0.25) is 5.88 Å². The van der Waals surface area contributed by atoms with Gasteiger partial charge in [0, 0.05) is 5.39 Å². The minimum Gasteiger partial charge on any atom is -0.469 e. The van der Waals surface area contributed by atoms with E-state index in [1.54, 1.807) is 6.26 Å². The monoisotopic (exact) mass is 255 g/mol. The summed E-state index contributed by atoms with van der Waals surface area (Å²) in [5.41, 5.74) is 0.591. The second-order valence-electron chi connectivity index (χ2n) is 4.17. The Labute approximate surface area is 110 Å². The minimum atomic E-state index is -0.109. The van der Waals surface area contributed by atoms with Crippen molar-refractivity contribution in [3.8, 4) is 5.88 Å². The Hall–Kier alpha value is -2.33. The van der Waals surface area contributed by atoms with Crippen molar-refractivity contribution < 1.29 is 14.3 Å². The van der Waals surface area contributed by atoms with Crippen molar-refractivity contribution in [2.75, 3.05) is 0 Å². The van der Waals surface area contributed by atoms with Crippen molar-refractivity contribution in [1.82, 2.24) is 4.98 Å². The lowest BCUT2D eigenvalue weighted by molar-refractivity contribution is 0.254. The first-order chi connectivity index (χ1) is 9.36. The lowest BCUT2D eigenvalue weighted by Gasteiger charge is -2.09. The molecule has 0 radical (unpaired) electrons. The Bertz CT molecular complexity index is 677. The first kappa shape index (κ1) is 11.7. The van der Waals surface area contributed by atoms with Crippen molar-refractivity contribution in [3.63, 3.8) is 0 Å². The van der Waals surface area contributed by atoms with Gasteiger partial charge in [0.15, 0.2) is 0 Å². The third-order valence-electron chi connectivity index (χ3n) is 2.85. The summed E-state index contributed by atoms with van der Waals surface area (Å²) in [6, 6.07) is 13.3. The van der Waals surface area contributed by atoms with Crippen LogP contribution < -0.4 is 4.74 Å². The van der Waals surface area contributed by atoms with Crippen LogP contribution in [0.3, 0.4) is 0 Å². The fourth-order valence-electron chi connectivity index (χ4n) is 1.95. The maximum absolute atomic E-state index is 9.24. The quantitative estimate of drug-likeness (QED) is 0.778. The number of hydrogen-bond donors (Lipinski definition) is 1. The molecular weight excluding hydrogens is 242 g/mol. The zero-order valence-electron chi connectivity index (χ0n) is 10.2. The van der Waals surface area contributed by atoms with Crippen molar-refractivity contribution in [1.29, 1.82) is 0 Å². The van der Waals surface area contributed by atoms with Crippen LogP contribution in [0.25, 0.3) is 10.8 Å². The highest BCUT2D eigenvalue weighted by Gasteiger charge is 2.07. The molecule has 0 fully saturated rings. The lowest BCUT2D eigenvalue weighted by Crippen LogP contribution is -1.99. The van der Waals surface area contributed by atoms with Gasteiger partial charge in [-0.25, -0.2) is 4.98 Å². The first-order valence-corrected chi connectivity index (χ1v) is 6.01. The fourth-order valence-corrected chi connectivity index (χ4v) is 1.95. The van der Waals surface area contributed by atoms with Gasteiger partial charge in [-0.1, -0.05) is 18.2 Å². The van der Waals surface area contributed by atoms with Crippen LogP contribution in [-0.4, -0.2) is 10.1 Å². The summed E-state index contributed by atoms with van der Waals surface area (Å²) >= 11 is 0. The van der Waals surface area contributed by atoms with Gasteiger partial charge in [-0.3, -0.25) is 0 Å². The van der Waals surface area contributed by atoms with Crippen molar-refractivity contribution >= 4 is 10.8 Å². The summed E-state index contributed by atoms with van der Waals surface area (Å²) in [5, 5.41) is 11.2. The predicted octanol–water partition coefficient (Wildman–Crippen LogP) is 2.90. The van der Waals surface area contributed by atoms with Crippen LogP contribution in [0.5, 0.6) is 5.88 Å². The highest BCUT2D eigenvalue weighted by atomic mass is 16.5. The largest absolute Gasteiger partial charge is 0.469 e. The van der Waals surface area contributed by atoms with Gasteiger partial charge in [-0.05, 0) is 29.7 Å². The van der Waals surface area contributed by atoms with Crippen LogP contribution in [0, 0.1) is 0 Å². The number of rotatable bonds is 4. The molecule has 0 atom stereocenters. The second-order valence-corrected chi connectivity index (χ2v) is 4.17. The number of fused-ring (bicyclic) bond motifs is 1. The Balaban J connectivity index is 1.96. The molecule has 3 rings (SSSR count). The zero-order valence-corrected chi connectivity index (χ0v) is 10.2. The summed E-state index contributed by atoms with van der Waals surface area (Å²) < 4.78 is 10.9. The molecule has 4 nitrogen and oxygen atoms in total. The standard InChI is InChI=1S/C15H13NO3/c17-9-12-8-11-4-1-2-6-14(11)15(16-12)19-10-13-5-3-7-18-13/h1-8,17H,9-10H2. The van der Waals surface area contributed by atoms with Crippen LogP contribution in [0.2, 0.25) is 0 Å². The maximum atomic E-state index is 9.24. The molecule has 0 aliphatic heterocycles. The molecule has 0 unspecified atom stereocenters. The van der Waals surface area contributed by atoms with Crippen LogP contribution >= 0.6 is 0 Å². The van der Waals surface area contributed by atoms with E-state index in [2.05, 4.69) is 4.98 Å². The smallest absolute Gasteiger partial charge is 0.222 e. The van der Waals surface area contributed by atoms with Crippen molar-refractivity contribution in [2.24, 2.45) is 0 Å². The average molecular weight is 255 g/mol. The number of ether oxygens (including phenoxy) is 1. The number of hydrogen-bond acceptors (Lipinski definition) is 4. The molecular formula is C15H13NO3. The van der Waals surface area contributed by atoms with Gasteiger partial charge >= 0.3 is 0 Å². The lowest BCUT2D eigenvalue weighted by atomic mass is 10.1. The molecule has 0 amide bonds. The Morgan fingerprint density at radius 2 is 2.05 bits per heavy atom. The van der Waals surface area contributed by atoms with Crippen LogP contribution in [0.15, 0.2) is 53.1 Å². The zero-order chi connectivity index (χ0) is 13.1. The molecule has 4 heteroatoms. The van der Waals surface area contributed by atoms with E-state index in [9.17, 15) is 5.11 Å². The van der Waals surface area contributed by atoms with Crippen molar-refractivity contribution in [3.05, 3.63) is 60.2 Å². The number of aromatic nitrogens is 1. The number of benzene rings is 1. The van der Waals surface area contributed by atoms with Gasteiger partial charge in [-0.15, -0.1) is 0 Å². The molecule has 3 aromatic rings. The minimum absolute atomic E-state index is 0.109. The molecule has 19 heavy (non-hydrogen) atoms. The average Bonchev–Trinajstić information content (AvgIpc) is 2.97. The molecule has 0 aliphatic carbocycles. The molecule has 1 aromatic carbocycles. The van der Waals surface area contributed by atoms with E-state index in [1.165, 1.54) is 0 Å². The summed E-state index contributed by atoms with van der Waals surface area (Å²) in [5.74, 6) is 1.25. The summed E-state index contributed by atoms with van der Waals surface area (Å²) in [4.78, 5) is 4.30. The summed E-state index contributed by atoms with van der Waals surface area (Å²) in [6.45, 7) is 0.209. The molecule has 1 N–H and O–H groups in total. The van der Waals surface area contributed by atoms with Gasteiger partial charge in [0.05, 0.1) is 18.6 Å². The number of nitrogens with zero attached hydrogens (tertiary/aromatic N) is 1. The molecule has 0 saturated heterocycles. The van der Waals surface area contributed by atoms with E-state index in [-0.39, 0.29) is 6.61 Å². The molecule has 2 aromatic heterocycles. The van der Waals surface area contributed by atoms with Gasteiger partial charge in [0.25, 0.3) is 0 Å². The molecule has 96 valence electrons. The predicted molar refractivity (Wildman–Crippen MR) is 70.7 cm³/mol. The van der Waals surface area contributed by atoms with E-state index < -0.39 is 0 Å². The normalized spacial score (nSPS) is 10.8. The summed E-state index contributed by atoms with van der Waals surface area (Å²) in [7, 11) is 0. The van der Waals surface area contributed by atoms with Crippen molar-refractivity contribution in [2.45, 2.75) is 13.2 Å². The summed E-state index contributed by atoms with van der Waals surface area (Å²) in [6.07, 6.45) is 1.61. The molecule has 0 spiro atoms. The van der Waals surface area contributed by atoms with Gasteiger partial charge in [-0.2, -0.15) is 0 Å². The molecule has 0 bridgehead atoms. The fraction of sp³-hybridized carbons (Fsp3) is 0.133.